The number of anilines is 1. The SMILES string of the molecule is CCc1ccc(NC(=O)Cn2c(C)cc3nc4n(c(=O)c32)CCCCC4)cc1. The molecule has 0 fully saturated rings. The molecule has 6 heteroatoms. The summed E-state index contributed by atoms with van der Waals surface area (Å²) in [5.74, 6) is 0.719. The lowest BCUT2D eigenvalue weighted by molar-refractivity contribution is -0.116. The second-order valence-electron chi connectivity index (χ2n) is 7.50. The Labute approximate surface area is 164 Å². The lowest BCUT2D eigenvalue weighted by Crippen LogP contribution is -2.28. The van der Waals surface area contributed by atoms with E-state index in [9.17, 15) is 9.59 Å². The zero-order valence-electron chi connectivity index (χ0n) is 16.5. The van der Waals surface area contributed by atoms with E-state index in [-0.39, 0.29) is 18.0 Å². The van der Waals surface area contributed by atoms with Crippen LogP contribution in [0.3, 0.4) is 0 Å². The fourth-order valence-electron chi connectivity index (χ4n) is 3.94. The molecule has 0 radical (unpaired) electrons. The highest BCUT2D eigenvalue weighted by molar-refractivity contribution is 5.91. The van der Waals surface area contributed by atoms with Gasteiger partial charge in [0.25, 0.3) is 5.56 Å². The minimum absolute atomic E-state index is 0.0323. The topological polar surface area (TPSA) is 68.9 Å². The first-order valence-electron chi connectivity index (χ1n) is 10.0. The molecule has 0 aliphatic carbocycles. The van der Waals surface area contributed by atoms with Gasteiger partial charge in [0, 0.05) is 24.3 Å². The number of carbonyl (C=O) groups excluding carboxylic acids is 1. The number of hydrogen-bond donors (Lipinski definition) is 1. The Morgan fingerprint density at radius 3 is 2.71 bits per heavy atom. The predicted molar refractivity (Wildman–Crippen MR) is 111 cm³/mol. The second-order valence-corrected chi connectivity index (χ2v) is 7.50. The van der Waals surface area contributed by atoms with Crippen LogP contribution in [0.4, 0.5) is 5.69 Å². The molecule has 1 aliphatic heterocycles. The van der Waals surface area contributed by atoms with Crippen LogP contribution in [0.25, 0.3) is 11.0 Å². The van der Waals surface area contributed by atoms with Crippen LogP contribution in [0, 0.1) is 6.92 Å². The zero-order chi connectivity index (χ0) is 19.7. The summed E-state index contributed by atoms with van der Waals surface area (Å²) < 4.78 is 3.59. The van der Waals surface area contributed by atoms with E-state index >= 15 is 0 Å². The molecule has 6 nitrogen and oxygen atoms in total. The molecule has 1 N–H and O–H groups in total. The van der Waals surface area contributed by atoms with Crippen LogP contribution in [0.1, 0.15) is 43.3 Å². The van der Waals surface area contributed by atoms with Gasteiger partial charge in [0.1, 0.15) is 17.9 Å². The van der Waals surface area contributed by atoms with Crippen LogP contribution in [-0.4, -0.2) is 20.0 Å². The van der Waals surface area contributed by atoms with Crippen molar-refractivity contribution in [3.8, 4) is 0 Å². The molecule has 0 saturated heterocycles. The van der Waals surface area contributed by atoms with E-state index in [1.165, 1.54) is 5.56 Å². The summed E-state index contributed by atoms with van der Waals surface area (Å²) >= 11 is 0. The van der Waals surface area contributed by atoms with Gasteiger partial charge in [-0.15, -0.1) is 0 Å². The third-order valence-corrected chi connectivity index (χ3v) is 5.52. The van der Waals surface area contributed by atoms with Gasteiger partial charge in [-0.1, -0.05) is 25.5 Å². The first kappa shape index (κ1) is 18.5. The Bertz CT molecular complexity index is 1080. The number of nitrogens with one attached hydrogen (secondary N) is 1. The molecule has 1 aromatic carbocycles. The molecule has 0 saturated carbocycles. The number of fused-ring (bicyclic) bond motifs is 2. The first-order valence-corrected chi connectivity index (χ1v) is 10.0. The minimum Gasteiger partial charge on any atom is -0.330 e. The van der Waals surface area contributed by atoms with Crippen LogP contribution >= 0.6 is 0 Å². The van der Waals surface area contributed by atoms with Crippen LogP contribution in [0.15, 0.2) is 35.1 Å². The fourth-order valence-corrected chi connectivity index (χ4v) is 3.94. The minimum atomic E-state index is -0.149. The lowest BCUT2D eigenvalue weighted by Gasteiger charge is -2.12. The molecular weight excluding hydrogens is 352 g/mol. The van der Waals surface area contributed by atoms with Crippen molar-refractivity contribution >= 4 is 22.6 Å². The largest absolute Gasteiger partial charge is 0.330 e. The van der Waals surface area contributed by atoms with E-state index in [4.69, 9.17) is 4.98 Å². The highest BCUT2D eigenvalue weighted by Gasteiger charge is 2.19. The molecule has 4 rings (SSSR count). The van der Waals surface area contributed by atoms with Crippen LogP contribution in [-0.2, 0) is 30.7 Å². The average molecular weight is 378 g/mol. The van der Waals surface area contributed by atoms with Crippen molar-refractivity contribution in [2.75, 3.05) is 5.32 Å². The van der Waals surface area contributed by atoms with Crippen molar-refractivity contribution in [2.45, 2.75) is 59.0 Å². The zero-order valence-corrected chi connectivity index (χ0v) is 16.5. The summed E-state index contributed by atoms with van der Waals surface area (Å²) in [4.78, 5) is 30.5. The maximum absolute atomic E-state index is 13.1. The van der Waals surface area contributed by atoms with Crippen molar-refractivity contribution in [1.29, 1.82) is 0 Å². The van der Waals surface area contributed by atoms with Crippen molar-refractivity contribution in [3.05, 3.63) is 57.8 Å². The normalized spacial score (nSPS) is 13.9. The second kappa shape index (κ2) is 7.62. The number of aryl methyl sites for hydroxylation is 3. The molecule has 3 aromatic rings. The Hall–Kier alpha value is -2.89. The third-order valence-electron chi connectivity index (χ3n) is 5.52. The van der Waals surface area contributed by atoms with Gasteiger partial charge in [-0.2, -0.15) is 0 Å². The Balaban J connectivity index is 1.64. The van der Waals surface area contributed by atoms with Crippen LogP contribution in [0.5, 0.6) is 0 Å². The average Bonchev–Trinajstić information content (AvgIpc) is 2.84. The summed E-state index contributed by atoms with van der Waals surface area (Å²) in [5.41, 5.74) is 4.05. The molecule has 1 aliphatic rings. The number of nitrogens with zero attached hydrogens (tertiary/aromatic N) is 3. The van der Waals surface area contributed by atoms with Gasteiger partial charge >= 0.3 is 0 Å². The molecule has 28 heavy (non-hydrogen) atoms. The standard InChI is InChI=1S/C22H26N4O2/c1-3-16-8-10-17(11-9-16)23-20(27)14-26-15(2)13-18-21(26)22(28)25-12-6-4-5-7-19(25)24-18/h8-11,13H,3-7,12,14H2,1-2H3,(H,23,27). The van der Waals surface area contributed by atoms with Crippen LogP contribution in [0.2, 0.25) is 0 Å². The third kappa shape index (κ3) is 3.46. The van der Waals surface area contributed by atoms with E-state index in [0.717, 1.165) is 49.3 Å². The number of aromatic nitrogens is 3. The summed E-state index contributed by atoms with van der Waals surface area (Å²) in [6, 6.07) is 9.75. The maximum Gasteiger partial charge on any atom is 0.278 e. The van der Waals surface area contributed by atoms with Gasteiger partial charge in [0.05, 0.1) is 5.52 Å². The Morgan fingerprint density at radius 1 is 1.18 bits per heavy atom. The molecule has 0 atom stereocenters. The summed E-state index contributed by atoms with van der Waals surface area (Å²) in [5, 5.41) is 2.93. The van der Waals surface area contributed by atoms with Gasteiger partial charge in [0.15, 0.2) is 0 Å². The molecule has 146 valence electrons. The number of hydrogen-bond acceptors (Lipinski definition) is 3. The summed E-state index contributed by atoms with van der Waals surface area (Å²) in [6.45, 7) is 4.82. The highest BCUT2D eigenvalue weighted by Crippen LogP contribution is 2.19. The smallest absolute Gasteiger partial charge is 0.278 e. The molecule has 1 amide bonds. The van der Waals surface area contributed by atoms with Gasteiger partial charge < -0.3 is 9.88 Å². The fraction of sp³-hybridized carbons (Fsp3) is 0.409. The predicted octanol–water partition coefficient (Wildman–Crippen LogP) is 3.43. The van der Waals surface area contributed by atoms with E-state index in [0.29, 0.717) is 17.6 Å². The van der Waals surface area contributed by atoms with Crippen LogP contribution < -0.4 is 10.9 Å². The van der Waals surface area contributed by atoms with E-state index < -0.39 is 0 Å². The Morgan fingerprint density at radius 2 is 1.96 bits per heavy atom. The monoisotopic (exact) mass is 378 g/mol. The Kier molecular flexibility index (Phi) is 5.03. The molecular formula is C22H26N4O2. The van der Waals surface area contributed by atoms with Gasteiger partial charge in [-0.3, -0.25) is 14.2 Å². The lowest BCUT2D eigenvalue weighted by atomic mass is 10.1. The van der Waals surface area contributed by atoms with Gasteiger partial charge in [0.2, 0.25) is 5.91 Å². The van der Waals surface area contributed by atoms with Gasteiger partial charge in [-0.05, 0) is 49.9 Å². The van der Waals surface area contributed by atoms with Gasteiger partial charge in [-0.25, -0.2) is 4.98 Å². The van der Waals surface area contributed by atoms with Crippen molar-refractivity contribution < 1.29 is 4.79 Å². The van der Waals surface area contributed by atoms with Crippen molar-refractivity contribution in [2.24, 2.45) is 0 Å². The molecule has 3 heterocycles. The van der Waals surface area contributed by atoms with E-state index in [2.05, 4.69) is 12.2 Å². The molecule has 0 unspecified atom stereocenters. The van der Waals surface area contributed by atoms with E-state index in [1.807, 2.05) is 37.3 Å². The maximum atomic E-state index is 13.1. The quantitative estimate of drug-likeness (QED) is 0.756. The summed E-state index contributed by atoms with van der Waals surface area (Å²) in [7, 11) is 0. The van der Waals surface area contributed by atoms with E-state index in [1.54, 1.807) is 9.13 Å². The highest BCUT2D eigenvalue weighted by atomic mass is 16.2. The first-order chi connectivity index (χ1) is 13.6. The van der Waals surface area contributed by atoms with Crippen molar-refractivity contribution in [3.63, 3.8) is 0 Å². The number of amides is 1. The number of rotatable bonds is 4. The molecule has 2 aromatic heterocycles. The number of benzene rings is 1. The summed E-state index contributed by atoms with van der Waals surface area (Å²) in [6.07, 6.45) is 4.98. The molecule has 0 bridgehead atoms. The molecule has 0 spiro atoms. The van der Waals surface area contributed by atoms with Crippen molar-refractivity contribution in [1.82, 2.24) is 14.1 Å². The number of carbonyl (C=O) groups is 1.